The first kappa shape index (κ1) is 19.3. The van der Waals surface area contributed by atoms with E-state index in [-0.39, 0.29) is 5.48 Å². The first-order valence-electron chi connectivity index (χ1n) is 8.31. The third-order valence-electron chi connectivity index (χ3n) is 4.54. The van der Waals surface area contributed by atoms with Crippen LogP contribution in [0.1, 0.15) is 0 Å². The second-order valence-corrected chi connectivity index (χ2v) is 6.88. The highest BCUT2D eigenvalue weighted by Gasteiger charge is 2.30. The fourth-order valence-corrected chi connectivity index (χ4v) is 3.31. The maximum atomic E-state index is 6.99. The fourth-order valence-electron chi connectivity index (χ4n) is 3.04. The zero-order valence-electron chi connectivity index (χ0n) is 14.3. The molecule has 7 heteroatoms. The standard InChI is InChI=1S/C18H25ClN5.H2O/c19-24(18-7-3-16(21)4-8-18)13-10-22-9-11-23(12-14-24)17-5-1-15(20)2-6-17;/h1-8,22H,9-14,20-21H2;1H2/q+1;. The third-order valence-corrected chi connectivity index (χ3v) is 5.07. The summed E-state index contributed by atoms with van der Waals surface area (Å²) in [5.74, 6) is 0. The fraction of sp³-hybridized carbons (Fsp3) is 0.333. The van der Waals surface area contributed by atoms with Crippen LogP contribution in [0, 0.1) is 0 Å². The molecule has 1 aliphatic rings. The number of rotatable bonds is 2. The molecule has 2 aromatic carbocycles. The lowest BCUT2D eigenvalue weighted by atomic mass is 10.2. The summed E-state index contributed by atoms with van der Waals surface area (Å²) in [5, 5.41) is 3.48. The normalized spacial score (nSPS) is 21.6. The van der Waals surface area contributed by atoms with Gasteiger partial charge in [-0.05, 0) is 36.4 Å². The molecule has 1 heterocycles. The Hall–Kier alpha value is -1.99. The average Bonchev–Trinajstić information content (AvgIpc) is 2.68. The van der Waals surface area contributed by atoms with Crippen LogP contribution in [0.25, 0.3) is 0 Å². The molecule has 0 bridgehead atoms. The van der Waals surface area contributed by atoms with E-state index in [1.165, 1.54) is 5.69 Å². The van der Waals surface area contributed by atoms with Gasteiger partial charge in [0.1, 0.15) is 13.1 Å². The molecular weight excluding hydrogens is 338 g/mol. The Labute approximate surface area is 154 Å². The molecule has 0 saturated carbocycles. The molecule has 136 valence electrons. The minimum absolute atomic E-state index is 0. The Morgan fingerprint density at radius 3 is 2.08 bits per heavy atom. The summed E-state index contributed by atoms with van der Waals surface area (Å²) in [4.78, 5) is 2.35. The van der Waals surface area contributed by atoms with Crippen molar-refractivity contribution in [2.24, 2.45) is 0 Å². The van der Waals surface area contributed by atoms with E-state index in [2.05, 4.69) is 22.3 Å². The predicted molar refractivity (Wildman–Crippen MR) is 108 cm³/mol. The van der Waals surface area contributed by atoms with Gasteiger partial charge in [-0.25, -0.2) is 0 Å². The van der Waals surface area contributed by atoms with Gasteiger partial charge in [0.2, 0.25) is 0 Å². The maximum absolute atomic E-state index is 6.99. The molecule has 1 saturated heterocycles. The zero-order chi connectivity index (χ0) is 17.0. The number of nitrogens with zero attached hydrogens (tertiary/aromatic N) is 2. The van der Waals surface area contributed by atoms with E-state index in [4.69, 9.17) is 23.2 Å². The van der Waals surface area contributed by atoms with E-state index < -0.39 is 0 Å². The number of benzene rings is 2. The Bertz CT molecular complexity index is 664. The van der Waals surface area contributed by atoms with Crippen molar-refractivity contribution in [3.8, 4) is 0 Å². The predicted octanol–water partition coefficient (Wildman–Crippen LogP) is 1.60. The molecule has 0 radical (unpaired) electrons. The van der Waals surface area contributed by atoms with Crippen LogP contribution in [0.3, 0.4) is 0 Å². The van der Waals surface area contributed by atoms with Crippen molar-refractivity contribution < 1.29 is 5.48 Å². The lowest BCUT2D eigenvalue weighted by Gasteiger charge is -2.31. The van der Waals surface area contributed by atoms with Gasteiger partial charge in [-0.3, -0.25) is 0 Å². The minimum Gasteiger partial charge on any atom is -0.412 e. The monoisotopic (exact) mass is 364 g/mol. The van der Waals surface area contributed by atoms with Crippen molar-refractivity contribution >= 4 is 34.5 Å². The molecular formula is C18H27ClN5O+. The smallest absolute Gasteiger partial charge is 0.171 e. The maximum Gasteiger partial charge on any atom is 0.171 e. The van der Waals surface area contributed by atoms with E-state index in [0.717, 1.165) is 56.3 Å². The number of nitrogen functional groups attached to an aromatic ring is 2. The van der Waals surface area contributed by atoms with Gasteiger partial charge in [-0.15, -0.1) is 0 Å². The molecule has 0 spiro atoms. The Kier molecular flexibility index (Phi) is 6.50. The largest absolute Gasteiger partial charge is 0.412 e. The topological polar surface area (TPSA) is 98.8 Å². The van der Waals surface area contributed by atoms with Crippen LogP contribution < -0.4 is 25.7 Å². The van der Waals surface area contributed by atoms with Crippen LogP contribution in [-0.2, 0) is 0 Å². The highest BCUT2D eigenvalue weighted by atomic mass is 35.5. The molecule has 1 atom stereocenters. The van der Waals surface area contributed by atoms with Crippen LogP contribution >= 0.6 is 11.8 Å². The molecule has 1 unspecified atom stereocenters. The Morgan fingerprint density at radius 2 is 1.44 bits per heavy atom. The van der Waals surface area contributed by atoms with E-state index in [9.17, 15) is 0 Å². The van der Waals surface area contributed by atoms with Crippen LogP contribution in [-0.4, -0.2) is 44.7 Å². The molecule has 25 heavy (non-hydrogen) atoms. The summed E-state index contributed by atoms with van der Waals surface area (Å²) in [6, 6.07) is 15.9. The number of nitrogens with two attached hydrogens (primary N) is 2. The number of quaternary nitrogens is 1. The highest BCUT2D eigenvalue weighted by Crippen LogP contribution is 2.28. The highest BCUT2D eigenvalue weighted by molar-refractivity contribution is 6.21. The summed E-state index contributed by atoms with van der Waals surface area (Å²) in [5.41, 5.74) is 15.4. The molecule has 0 amide bonds. The third kappa shape index (κ3) is 4.76. The Balaban J connectivity index is 0.00000225. The van der Waals surface area contributed by atoms with Gasteiger partial charge in [0.15, 0.2) is 17.5 Å². The number of halogens is 1. The summed E-state index contributed by atoms with van der Waals surface area (Å²) in [6.07, 6.45) is 0. The van der Waals surface area contributed by atoms with Gasteiger partial charge >= 0.3 is 0 Å². The SMILES string of the molecule is Nc1ccc(N2CCNCC[N+](Cl)(c3ccc(N)cc3)CC2)cc1.O. The van der Waals surface area contributed by atoms with E-state index in [0.29, 0.717) is 4.00 Å². The molecule has 0 aromatic heterocycles. The lowest BCUT2D eigenvalue weighted by Crippen LogP contribution is -2.47. The quantitative estimate of drug-likeness (QED) is 0.556. The van der Waals surface area contributed by atoms with Gasteiger partial charge < -0.3 is 27.2 Å². The van der Waals surface area contributed by atoms with Crippen molar-refractivity contribution in [3.63, 3.8) is 0 Å². The van der Waals surface area contributed by atoms with Crippen molar-refractivity contribution in [3.05, 3.63) is 48.5 Å². The first-order chi connectivity index (χ1) is 11.6. The second-order valence-electron chi connectivity index (χ2n) is 6.23. The second kappa shape index (κ2) is 8.40. The number of anilines is 3. The van der Waals surface area contributed by atoms with Gasteiger partial charge in [-0.2, -0.15) is 4.00 Å². The van der Waals surface area contributed by atoms with Crippen LogP contribution in [0.2, 0.25) is 0 Å². The van der Waals surface area contributed by atoms with Crippen molar-refractivity contribution in [1.29, 1.82) is 0 Å². The molecule has 7 N–H and O–H groups in total. The van der Waals surface area contributed by atoms with Gasteiger partial charge in [0.05, 0.1) is 6.54 Å². The molecule has 1 fully saturated rings. The summed E-state index contributed by atoms with van der Waals surface area (Å²) in [7, 11) is 0. The van der Waals surface area contributed by atoms with Crippen molar-refractivity contribution in [2.45, 2.75) is 0 Å². The molecule has 2 aromatic rings. The minimum atomic E-state index is 0. The number of hydrogen-bond donors (Lipinski definition) is 3. The average molecular weight is 365 g/mol. The van der Waals surface area contributed by atoms with Crippen LogP contribution in [0.4, 0.5) is 22.7 Å². The van der Waals surface area contributed by atoms with Gasteiger partial charge in [-0.1, -0.05) is 0 Å². The van der Waals surface area contributed by atoms with Gasteiger partial charge in [0.25, 0.3) is 0 Å². The number of nitrogens with one attached hydrogen (secondary N) is 1. The molecule has 6 nitrogen and oxygen atoms in total. The van der Waals surface area contributed by atoms with Crippen LogP contribution in [0.5, 0.6) is 0 Å². The molecule has 0 aliphatic carbocycles. The van der Waals surface area contributed by atoms with E-state index in [1.54, 1.807) is 0 Å². The van der Waals surface area contributed by atoms with Crippen molar-refractivity contribution in [2.75, 3.05) is 55.6 Å². The van der Waals surface area contributed by atoms with E-state index >= 15 is 0 Å². The van der Waals surface area contributed by atoms with Crippen molar-refractivity contribution in [1.82, 2.24) is 9.32 Å². The zero-order valence-corrected chi connectivity index (χ0v) is 15.0. The van der Waals surface area contributed by atoms with E-state index in [1.807, 2.05) is 36.4 Å². The lowest BCUT2D eigenvalue weighted by molar-refractivity contribution is 0.451. The van der Waals surface area contributed by atoms with Crippen LogP contribution in [0.15, 0.2) is 48.5 Å². The summed E-state index contributed by atoms with van der Waals surface area (Å²) >= 11 is 6.99. The molecule has 3 rings (SSSR count). The summed E-state index contributed by atoms with van der Waals surface area (Å²) < 4.78 is 0.374. The summed E-state index contributed by atoms with van der Waals surface area (Å²) in [6.45, 7) is 5.28. The number of hydrogen-bond acceptors (Lipinski definition) is 4. The first-order valence-corrected chi connectivity index (χ1v) is 8.65. The van der Waals surface area contributed by atoms with Gasteiger partial charge in [0, 0.05) is 48.8 Å². The Morgan fingerprint density at radius 1 is 0.840 bits per heavy atom. The molecule has 1 aliphatic heterocycles.